The number of carbonyl (C=O) groups is 1. The molecular formula is C19H23N3O4S. The van der Waals surface area contributed by atoms with Gasteiger partial charge in [-0.15, -0.1) is 0 Å². The number of rotatable bonds is 4. The number of nitrogens with one attached hydrogen (secondary N) is 3. The molecule has 7 nitrogen and oxygen atoms in total. The molecule has 0 spiro atoms. The van der Waals surface area contributed by atoms with Crippen molar-refractivity contribution < 1.29 is 13.9 Å². The van der Waals surface area contributed by atoms with Gasteiger partial charge >= 0.3 is 5.63 Å². The van der Waals surface area contributed by atoms with Gasteiger partial charge in [-0.2, -0.15) is 0 Å². The molecule has 1 saturated carbocycles. The molecule has 1 heterocycles. The first-order chi connectivity index (χ1) is 13.0. The summed E-state index contributed by atoms with van der Waals surface area (Å²) in [6.45, 7) is 1.64. The van der Waals surface area contributed by atoms with Gasteiger partial charge in [0, 0.05) is 23.6 Å². The smallest absolute Gasteiger partial charge is 0.336 e. The van der Waals surface area contributed by atoms with Crippen LogP contribution in [0.5, 0.6) is 5.75 Å². The summed E-state index contributed by atoms with van der Waals surface area (Å²) in [5, 5.41) is 4.43. The lowest BCUT2D eigenvalue weighted by Gasteiger charge is -2.24. The van der Waals surface area contributed by atoms with E-state index in [9.17, 15) is 9.59 Å². The zero-order chi connectivity index (χ0) is 19.2. The van der Waals surface area contributed by atoms with E-state index in [2.05, 4.69) is 16.2 Å². The molecule has 2 aromatic rings. The van der Waals surface area contributed by atoms with Gasteiger partial charge in [-0.05, 0) is 49.7 Å². The van der Waals surface area contributed by atoms with Gasteiger partial charge in [0.15, 0.2) is 11.7 Å². The highest BCUT2D eigenvalue weighted by molar-refractivity contribution is 7.80. The summed E-state index contributed by atoms with van der Waals surface area (Å²) in [4.78, 5) is 23.4. The molecule has 0 bridgehead atoms. The second kappa shape index (κ2) is 8.85. The molecule has 3 rings (SSSR count). The number of hydrazine groups is 1. The zero-order valence-electron chi connectivity index (χ0n) is 15.2. The Morgan fingerprint density at radius 1 is 1.22 bits per heavy atom. The number of fused-ring (bicyclic) bond motifs is 1. The molecule has 1 fully saturated rings. The predicted octanol–water partition coefficient (Wildman–Crippen LogP) is 2.31. The van der Waals surface area contributed by atoms with Crippen molar-refractivity contribution in [2.45, 2.75) is 45.1 Å². The van der Waals surface area contributed by atoms with E-state index in [1.807, 2.05) is 6.92 Å². The Hall–Kier alpha value is -2.61. The van der Waals surface area contributed by atoms with Crippen molar-refractivity contribution >= 4 is 34.2 Å². The third kappa shape index (κ3) is 5.43. The van der Waals surface area contributed by atoms with Crippen LogP contribution in [0.25, 0.3) is 11.0 Å². The van der Waals surface area contributed by atoms with Crippen molar-refractivity contribution in [2.24, 2.45) is 0 Å². The maximum Gasteiger partial charge on any atom is 0.336 e. The second-order valence-corrected chi connectivity index (χ2v) is 7.08. The Morgan fingerprint density at radius 3 is 2.78 bits per heavy atom. The molecular weight excluding hydrogens is 366 g/mol. The van der Waals surface area contributed by atoms with Crippen LogP contribution in [0, 0.1) is 6.92 Å². The molecule has 1 aliphatic carbocycles. The van der Waals surface area contributed by atoms with Crippen molar-refractivity contribution in [3.63, 3.8) is 0 Å². The van der Waals surface area contributed by atoms with E-state index >= 15 is 0 Å². The maximum absolute atomic E-state index is 11.9. The van der Waals surface area contributed by atoms with Gasteiger partial charge in [0.25, 0.3) is 5.91 Å². The van der Waals surface area contributed by atoms with Crippen LogP contribution in [0.4, 0.5) is 0 Å². The molecule has 144 valence electrons. The molecule has 0 aliphatic heterocycles. The number of benzene rings is 1. The minimum atomic E-state index is -0.418. The highest BCUT2D eigenvalue weighted by Gasteiger charge is 2.14. The van der Waals surface area contributed by atoms with Gasteiger partial charge in [-0.3, -0.25) is 15.6 Å². The second-order valence-electron chi connectivity index (χ2n) is 6.68. The molecule has 1 amide bonds. The van der Waals surface area contributed by atoms with E-state index in [0.717, 1.165) is 23.8 Å². The topological polar surface area (TPSA) is 92.6 Å². The van der Waals surface area contributed by atoms with Crippen LogP contribution in [0.1, 0.15) is 37.7 Å². The fraction of sp³-hybridized carbons (Fsp3) is 0.421. The molecule has 0 radical (unpaired) electrons. The number of thiocarbonyl (C=S) groups is 1. The van der Waals surface area contributed by atoms with Crippen LogP contribution < -0.4 is 26.5 Å². The van der Waals surface area contributed by atoms with Crippen LogP contribution in [0.15, 0.2) is 33.5 Å². The van der Waals surface area contributed by atoms with Gasteiger partial charge in [0.1, 0.15) is 11.3 Å². The standard InChI is InChI=1S/C19H23N3O4S/c1-12-9-18(24)26-16-10-14(7-8-15(12)16)25-11-17(23)21-22-19(27)20-13-5-3-2-4-6-13/h7-10,13H,2-6,11H2,1H3,(H,21,23)(H2,20,22,27). The summed E-state index contributed by atoms with van der Waals surface area (Å²) in [5.41, 5.74) is 6.03. The SMILES string of the molecule is Cc1cc(=O)oc2cc(OCC(=O)NNC(=S)NC3CCCCC3)ccc12. The van der Waals surface area contributed by atoms with E-state index in [0.29, 0.717) is 22.5 Å². The third-order valence-corrected chi connectivity index (χ3v) is 4.77. The van der Waals surface area contributed by atoms with Crippen LogP contribution in [-0.2, 0) is 4.79 Å². The van der Waals surface area contributed by atoms with Crippen molar-refractivity contribution in [3.8, 4) is 5.75 Å². The summed E-state index contributed by atoms with van der Waals surface area (Å²) in [7, 11) is 0. The van der Waals surface area contributed by atoms with Crippen molar-refractivity contribution in [1.82, 2.24) is 16.2 Å². The fourth-order valence-electron chi connectivity index (χ4n) is 3.17. The Kier molecular flexibility index (Phi) is 6.28. The van der Waals surface area contributed by atoms with Gasteiger partial charge < -0.3 is 14.5 Å². The first kappa shape index (κ1) is 19.2. The summed E-state index contributed by atoms with van der Waals surface area (Å²) in [6.07, 6.45) is 5.86. The predicted molar refractivity (Wildman–Crippen MR) is 107 cm³/mol. The minimum Gasteiger partial charge on any atom is -0.484 e. The molecule has 0 atom stereocenters. The first-order valence-electron chi connectivity index (χ1n) is 9.04. The van der Waals surface area contributed by atoms with Crippen LogP contribution in [0.2, 0.25) is 0 Å². The summed E-state index contributed by atoms with van der Waals surface area (Å²) in [5.74, 6) is 0.0721. The first-order valence-corrected chi connectivity index (χ1v) is 9.45. The summed E-state index contributed by atoms with van der Waals surface area (Å²) < 4.78 is 10.6. The number of amides is 1. The van der Waals surface area contributed by atoms with Crippen molar-refractivity contribution in [2.75, 3.05) is 6.61 Å². The van der Waals surface area contributed by atoms with Crippen molar-refractivity contribution in [3.05, 3.63) is 40.2 Å². The molecule has 1 aromatic carbocycles. The van der Waals surface area contributed by atoms with E-state index in [-0.39, 0.29) is 12.5 Å². The fourth-order valence-corrected chi connectivity index (χ4v) is 3.39. The van der Waals surface area contributed by atoms with Gasteiger partial charge in [-0.1, -0.05) is 19.3 Å². The Bertz CT molecular complexity index is 890. The number of hydrogen-bond donors (Lipinski definition) is 3. The number of hydrogen-bond acceptors (Lipinski definition) is 5. The lowest BCUT2D eigenvalue weighted by atomic mass is 9.96. The van der Waals surface area contributed by atoms with E-state index in [1.54, 1.807) is 18.2 Å². The third-order valence-electron chi connectivity index (χ3n) is 4.55. The molecule has 1 aliphatic rings. The van der Waals surface area contributed by atoms with Crippen LogP contribution in [-0.4, -0.2) is 23.7 Å². The largest absolute Gasteiger partial charge is 0.484 e. The monoisotopic (exact) mass is 389 g/mol. The van der Waals surface area contributed by atoms with Gasteiger partial charge in [-0.25, -0.2) is 4.79 Å². The molecule has 27 heavy (non-hydrogen) atoms. The highest BCUT2D eigenvalue weighted by Crippen LogP contribution is 2.22. The number of aryl methyl sites for hydroxylation is 1. The average molecular weight is 389 g/mol. The molecule has 3 N–H and O–H groups in total. The number of carbonyl (C=O) groups excluding carboxylic acids is 1. The summed E-state index contributed by atoms with van der Waals surface area (Å²) >= 11 is 5.19. The van der Waals surface area contributed by atoms with Crippen LogP contribution in [0.3, 0.4) is 0 Å². The lowest BCUT2D eigenvalue weighted by Crippen LogP contribution is -2.51. The quantitative estimate of drug-likeness (QED) is 0.420. The normalized spacial score (nSPS) is 14.6. The Labute approximate surface area is 162 Å². The van der Waals surface area contributed by atoms with E-state index in [4.69, 9.17) is 21.4 Å². The van der Waals surface area contributed by atoms with Crippen molar-refractivity contribution in [1.29, 1.82) is 0 Å². The molecule has 1 aromatic heterocycles. The molecule has 0 unspecified atom stereocenters. The Balaban J connectivity index is 1.46. The number of ether oxygens (including phenoxy) is 1. The molecule has 8 heteroatoms. The average Bonchev–Trinajstić information content (AvgIpc) is 2.65. The van der Waals surface area contributed by atoms with Gasteiger partial charge in [0.05, 0.1) is 0 Å². The van der Waals surface area contributed by atoms with E-state index < -0.39 is 5.63 Å². The Morgan fingerprint density at radius 2 is 2.00 bits per heavy atom. The maximum atomic E-state index is 11.9. The summed E-state index contributed by atoms with van der Waals surface area (Å²) in [6, 6.07) is 6.92. The van der Waals surface area contributed by atoms with Gasteiger partial charge in [0.2, 0.25) is 0 Å². The highest BCUT2D eigenvalue weighted by atomic mass is 32.1. The zero-order valence-corrected chi connectivity index (χ0v) is 16.0. The van der Waals surface area contributed by atoms with E-state index in [1.165, 1.54) is 25.3 Å². The minimum absolute atomic E-state index is 0.194. The lowest BCUT2D eigenvalue weighted by molar-refractivity contribution is -0.123. The molecule has 0 saturated heterocycles. The van der Waals surface area contributed by atoms with Crippen LogP contribution >= 0.6 is 12.2 Å².